The molecule has 2 aromatic carbocycles. The molecule has 2 rings (SSSR count). The van der Waals surface area contributed by atoms with E-state index in [2.05, 4.69) is 5.32 Å². The molecular weight excluding hydrogens is 322 g/mol. The van der Waals surface area contributed by atoms with Crippen molar-refractivity contribution in [3.05, 3.63) is 60.7 Å². The Morgan fingerprint density at radius 1 is 0.833 bits per heavy atom. The van der Waals surface area contributed by atoms with Crippen molar-refractivity contribution in [1.82, 2.24) is 0 Å². The first-order chi connectivity index (χ1) is 11.7. The van der Waals surface area contributed by atoms with Gasteiger partial charge >= 0.3 is 8.80 Å². The van der Waals surface area contributed by atoms with Crippen molar-refractivity contribution in [2.24, 2.45) is 0 Å². The predicted octanol–water partition coefficient (Wildman–Crippen LogP) is 3.76. The maximum atomic E-state index is 8.63. The van der Waals surface area contributed by atoms with Gasteiger partial charge in [-0.15, -0.1) is 0 Å². The SMILES string of the molecule is CO[Si](CCCNc1ccccc1)(OC)OC.Oc1ccccc1. The molecule has 6 heteroatoms. The molecule has 0 fully saturated rings. The van der Waals surface area contributed by atoms with Crippen LogP contribution in [0.15, 0.2) is 60.7 Å². The number of hydrogen-bond donors (Lipinski definition) is 2. The minimum atomic E-state index is -2.40. The van der Waals surface area contributed by atoms with E-state index in [0.717, 1.165) is 24.7 Å². The Hall–Kier alpha value is -1.86. The molecule has 0 bridgehead atoms. The third kappa shape index (κ3) is 7.61. The van der Waals surface area contributed by atoms with Crippen LogP contribution in [0.2, 0.25) is 6.04 Å². The minimum Gasteiger partial charge on any atom is -0.508 e. The van der Waals surface area contributed by atoms with E-state index >= 15 is 0 Å². The third-order valence-electron chi connectivity index (χ3n) is 3.45. The Morgan fingerprint density at radius 3 is 1.75 bits per heavy atom. The van der Waals surface area contributed by atoms with Gasteiger partial charge in [-0.05, 0) is 30.7 Å². The summed E-state index contributed by atoms with van der Waals surface area (Å²) in [7, 11) is 2.53. The van der Waals surface area contributed by atoms with Gasteiger partial charge in [-0.3, -0.25) is 0 Å². The summed E-state index contributed by atoms with van der Waals surface area (Å²) in [6, 6.07) is 19.7. The first-order valence-electron chi connectivity index (χ1n) is 7.84. The van der Waals surface area contributed by atoms with Crippen molar-refractivity contribution < 1.29 is 18.4 Å². The second-order valence-electron chi connectivity index (χ2n) is 5.03. The molecule has 5 nitrogen and oxygen atoms in total. The van der Waals surface area contributed by atoms with Gasteiger partial charge in [0.05, 0.1) is 0 Å². The number of aromatic hydroxyl groups is 1. The van der Waals surface area contributed by atoms with Crippen LogP contribution in [0, 0.1) is 0 Å². The highest BCUT2D eigenvalue weighted by Gasteiger charge is 2.36. The van der Waals surface area contributed by atoms with Crippen LogP contribution in [0.1, 0.15) is 6.42 Å². The zero-order valence-corrected chi connectivity index (χ0v) is 15.6. The van der Waals surface area contributed by atoms with Crippen molar-refractivity contribution >= 4 is 14.5 Å². The van der Waals surface area contributed by atoms with Gasteiger partial charge in [0, 0.05) is 39.6 Å². The Labute approximate surface area is 145 Å². The fourth-order valence-corrected chi connectivity index (χ4v) is 3.80. The van der Waals surface area contributed by atoms with Crippen molar-refractivity contribution in [3.8, 4) is 5.75 Å². The lowest BCUT2D eigenvalue weighted by Gasteiger charge is -2.24. The number of para-hydroxylation sites is 2. The molecule has 0 amide bonds. The monoisotopic (exact) mass is 349 g/mol. The average Bonchev–Trinajstić information content (AvgIpc) is 2.65. The number of phenols is 1. The number of nitrogens with one attached hydrogen (secondary N) is 1. The summed E-state index contributed by atoms with van der Waals surface area (Å²) in [5.74, 6) is 0.322. The zero-order valence-electron chi connectivity index (χ0n) is 14.6. The van der Waals surface area contributed by atoms with Crippen molar-refractivity contribution in [3.63, 3.8) is 0 Å². The van der Waals surface area contributed by atoms with Gasteiger partial charge in [0.1, 0.15) is 5.75 Å². The summed E-state index contributed by atoms with van der Waals surface area (Å²) in [6.45, 7) is 0.884. The largest absolute Gasteiger partial charge is 0.508 e. The molecule has 0 saturated heterocycles. The van der Waals surface area contributed by atoms with E-state index in [1.165, 1.54) is 0 Å². The fraction of sp³-hybridized carbons (Fsp3) is 0.333. The molecule has 0 aromatic heterocycles. The number of benzene rings is 2. The van der Waals surface area contributed by atoms with Crippen molar-refractivity contribution in [1.29, 1.82) is 0 Å². The standard InChI is InChI=1S/C12H21NO3Si.C6H6O/c1-14-17(15-2,16-3)11-7-10-13-12-8-5-4-6-9-12;7-6-4-2-1-3-5-6/h4-6,8-9,13H,7,10-11H2,1-3H3;1-5,7H. The molecule has 0 aliphatic carbocycles. The molecule has 2 N–H and O–H groups in total. The van der Waals surface area contributed by atoms with Crippen LogP contribution in [0.3, 0.4) is 0 Å². The maximum absolute atomic E-state index is 8.63. The number of hydrogen-bond acceptors (Lipinski definition) is 5. The molecular formula is C18H27NO4Si. The van der Waals surface area contributed by atoms with E-state index in [-0.39, 0.29) is 0 Å². The van der Waals surface area contributed by atoms with Gasteiger partial charge in [-0.25, -0.2) is 0 Å². The average molecular weight is 350 g/mol. The van der Waals surface area contributed by atoms with Gasteiger partial charge in [-0.2, -0.15) is 0 Å². The molecule has 0 radical (unpaired) electrons. The molecule has 0 aliphatic rings. The highest BCUT2D eigenvalue weighted by Crippen LogP contribution is 2.15. The summed E-state index contributed by atoms with van der Waals surface area (Å²) in [6.07, 6.45) is 0.955. The lowest BCUT2D eigenvalue weighted by molar-refractivity contribution is 0.123. The zero-order chi connectivity index (χ0) is 17.7. The molecule has 2 aromatic rings. The van der Waals surface area contributed by atoms with Crippen molar-refractivity contribution in [2.45, 2.75) is 12.5 Å². The quantitative estimate of drug-likeness (QED) is 0.561. The normalized spacial score (nSPS) is 10.6. The molecule has 0 aliphatic heterocycles. The topological polar surface area (TPSA) is 60.0 Å². The van der Waals surface area contributed by atoms with Crippen LogP contribution in [0.5, 0.6) is 5.75 Å². The van der Waals surface area contributed by atoms with Gasteiger partial charge in [-0.1, -0.05) is 36.4 Å². The van der Waals surface area contributed by atoms with Crippen LogP contribution < -0.4 is 5.32 Å². The molecule has 0 atom stereocenters. The van der Waals surface area contributed by atoms with Crippen LogP contribution >= 0.6 is 0 Å². The Balaban J connectivity index is 0.000000341. The van der Waals surface area contributed by atoms with E-state index in [4.69, 9.17) is 18.4 Å². The molecule has 24 heavy (non-hydrogen) atoms. The summed E-state index contributed by atoms with van der Waals surface area (Å²) < 4.78 is 16.1. The van der Waals surface area contributed by atoms with Gasteiger partial charge in [0.2, 0.25) is 0 Å². The van der Waals surface area contributed by atoms with E-state index in [9.17, 15) is 0 Å². The minimum absolute atomic E-state index is 0.322. The van der Waals surface area contributed by atoms with E-state index in [0.29, 0.717) is 5.75 Å². The fourth-order valence-electron chi connectivity index (χ4n) is 2.08. The van der Waals surface area contributed by atoms with Crippen LogP contribution in [0.4, 0.5) is 5.69 Å². The first-order valence-corrected chi connectivity index (χ1v) is 9.77. The lowest BCUT2D eigenvalue weighted by atomic mass is 10.3. The molecule has 0 spiro atoms. The summed E-state index contributed by atoms with van der Waals surface area (Å²) in [5.41, 5.74) is 1.13. The Kier molecular flexibility index (Phi) is 9.79. The van der Waals surface area contributed by atoms with Crippen LogP contribution in [0.25, 0.3) is 0 Å². The van der Waals surface area contributed by atoms with Crippen LogP contribution in [-0.2, 0) is 13.3 Å². The van der Waals surface area contributed by atoms with Crippen LogP contribution in [-0.4, -0.2) is 41.8 Å². The van der Waals surface area contributed by atoms with E-state index < -0.39 is 8.80 Å². The van der Waals surface area contributed by atoms with Crippen molar-refractivity contribution in [2.75, 3.05) is 33.2 Å². The molecule has 0 heterocycles. The van der Waals surface area contributed by atoms with Gasteiger partial charge in [0.25, 0.3) is 0 Å². The molecule has 132 valence electrons. The second kappa shape index (κ2) is 11.6. The molecule has 0 unspecified atom stereocenters. The number of rotatable bonds is 8. The van der Waals surface area contributed by atoms with Gasteiger partial charge < -0.3 is 23.7 Å². The summed E-state index contributed by atoms with van der Waals surface area (Å²) >= 11 is 0. The predicted molar refractivity (Wildman–Crippen MR) is 99.2 cm³/mol. The third-order valence-corrected chi connectivity index (χ3v) is 6.28. The lowest BCUT2D eigenvalue weighted by Crippen LogP contribution is -2.42. The van der Waals surface area contributed by atoms with E-state index in [1.54, 1.807) is 45.6 Å². The first kappa shape index (κ1) is 20.2. The highest BCUT2D eigenvalue weighted by atomic mass is 28.4. The second-order valence-corrected chi connectivity index (χ2v) is 8.12. The number of anilines is 1. The highest BCUT2D eigenvalue weighted by molar-refractivity contribution is 6.60. The number of phenolic OH excluding ortho intramolecular Hbond substituents is 1. The Bertz CT molecular complexity index is 527. The maximum Gasteiger partial charge on any atom is 0.500 e. The Morgan fingerprint density at radius 2 is 1.33 bits per heavy atom. The smallest absolute Gasteiger partial charge is 0.500 e. The molecule has 0 saturated carbocycles. The summed E-state index contributed by atoms with van der Waals surface area (Å²) in [5, 5.41) is 12.0. The summed E-state index contributed by atoms with van der Waals surface area (Å²) in [4.78, 5) is 0. The van der Waals surface area contributed by atoms with E-state index in [1.807, 2.05) is 36.4 Å². The van der Waals surface area contributed by atoms with Gasteiger partial charge in [0.15, 0.2) is 0 Å².